The largest absolute Gasteiger partial charge is 0.491 e. The molecule has 1 aliphatic rings. The molecule has 1 aliphatic heterocycles. The fourth-order valence-corrected chi connectivity index (χ4v) is 2.81. The van der Waals surface area contributed by atoms with Crippen molar-refractivity contribution < 1.29 is 14.3 Å². The number of ether oxygens (including phenoxy) is 2. The van der Waals surface area contributed by atoms with Gasteiger partial charge < -0.3 is 14.4 Å². The number of likely N-dealkylation sites (tertiary alicyclic amines) is 1. The summed E-state index contributed by atoms with van der Waals surface area (Å²) in [6, 6.07) is 7.27. The van der Waals surface area contributed by atoms with Crippen molar-refractivity contribution in [1.29, 1.82) is 0 Å². The fourth-order valence-electron chi connectivity index (χ4n) is 2.81. The van der Waals surface area contributed by atoms with E-state index >= 15 is 0 Å². The van der Waals surface area contributed by atoms with Crippen LogP contribution in [-0.4, -0.2) is 50.1 Å². The standard InChI is InChI=1S/C18H27NO3.ClH/c1-15-5-4-8-19(14-15)9-10-21-11-12-22-18-7-3-6-17(13-18)16(2)20;/h3,6-7,13,15H,4-5,8-12,14H2,1-2H3;1H. The first-order valence-corrected chi connectivity index (χ1v) is 8.19. The predicted octanol–water partition coefficient (Wildman–Crippen LogP) is 3.44. The van der Waals surface area contributed by atoms with E-state index in [1.54, 1.807) is 19.1 Å². The van der Waals surface area contributed by atoms with Crippen molar-refractivity contribution in [1.82, 2.24) is 4.90 Å². The van der Waals surface area contributed by atoms with E-state index in [1.807, 2.05) is 12.1 Å². The van der Waals surface area contributed by atoms with Crippen molar-refractivity contribution in [2.75, 3.05) is 39.5 Å². The van der Waals surface area contributed by atoms with Crippen LogP contribution in [0.25, 0.3) is 0 Å². The number of halogens is 1. The van der Waals surface area contributed by atoms with Crippen LogP contribution in [0.1, 0.15) is 37.0 Å². The van der Waals surface area contributed by atoms with Crippen LogP contribution in [0, 0.1) is 5.92 Å². The second-order valence-corrected chi connectivity index (χ2v) is 6.09. The van der Waals surface area contributed by atoms with Gasteiger partial charge in [-0.3, -0.25) is 4.79 Å². The van der Waals surface area contributed by atoms with Gasteiger partial charge in [-0.15, -0.1) is 12.4 Å². The van der Waals surface area contributed by atoms with Gasteiger partial charge in [0.25, 0.3) is 0 Å². The average Bonchev–Trinajstić information content (AvgIpc) is 2.51. The SMILES string of the molecule is CC(=O)c1cccc(OCCOCCN2CCCC(C)C2)c1.Cl. The summed E-state index contributed by atoms with van der Waals surface area (Å²) in [5.41, 5.74) is 0.678. The molecule has 1 unspecified atom stereocenters. The zero-order chi connectivity index (χ0) is 15.8. The van der Waals surface area contributed by atoms with Crippen LogP contribution in [0.15, 0.2) is 24.3 Å². The third kappa shape index (κ3) is 7.34. The van der Waals surface area contributed by atoms with E-state index in [0.717, 1.165) is 24.8 Å². The van der Waals surface area contributed by atoms with Gasteiger partial charge in [0.05, 0.1) is 13.2 Å². The number of ketones is 1. The quantitative estimate of drug-likeness (QED) is 0.536. The summed E-state index contributed by atoms with van der Waals surface area (Å²) >= 11 is 0. The molecule has 0 aromatic heterocycles. The summed E-state index contributed by atoms with van der Waals surface area (Å²) in [5, 5.41) is 0. The normalized spacial score (nSPS) is 18.3. The number of piperidine rings is 1. The smallest absolute Gasteiger partial charge is 0.159 e. The number of hydrogen-bond donors (Lipinski definition) is 0. The molecule has 23 heavy (non-hydrogen) atoms. The maximum atomic E-state index is 11.3. The topological polar surface area (TPSA) is 38.8 Å². The van der Waals surface area contributed by atoms with Gasteiger partial charge >= 0.3 is 0 Å². The Labute approximate surface area is 145 Å². The van der Waals surface area contributed by atoms with Crippen LogP contribution in [0.2, 0.25) is 0 Å². The molecular weight excluding hydrogens is 314 g/mol. The highest BCUT2D eigenvalue weighted by Gasteiger charge is 2.15. The molecule has 1 aromatic rings. The molecule has 1 fully saturated rings. The maximum absolute atomic E-state index is 11.3. The molecule has 0 aliphatic carbocycles. The Bertz CT molecular complexity index is 481. The lowest BCUT2D eigenvalue weighted by molar-refractivity contribution is 0.0688. The zero-order valence-electron chi connectivity index (χ0n) is 14.1. The minimum Gasteiger partial charge on any atom is -0.491 e. The van der Waals surface area contributed by atoms with Gasteiger partial charge in [-0.05, 0) is 44.4 Å². The Hall–Kier alpha value is -1.10. The Morgan fingerprint density at radius 1 is 1.30 bits per heavy atom. The van der Waals surface area contributed by atoms with Gasteiger partial charge in [0.2, 0.25) is 0 Å². The Morgan fingerprint density at radius 3 is 2.87 bits per heavy atom. The van der Waals surface area contributed by atoms with Crippen molar-refractivity contribution in [3.8, 4) is 5.75 Å². The van der Waals surface area contributed by atoms with Crippen molar-refractivity contribution in [3.63, 3.8) is 0 Å². The Morgan fingerprint density at radius 2 is 2.13 bits per heavy atom. The molecule has 130 valence electrons. The van der Waals surface area contributed by atoms with E-state index < -0.39 is 0 Å². The molecule has 5 heteroatoms. The van der Waals surface area contributed by atoms with Crippen molar-refractivity contribution in [2.24, 2.45) is 5.92 Å². The number of Topliss-reactive ketones (excluding diaryl/α,β-unsaturated/α-hetero) is 1. The Balaban J connectivity index is 0.00000264. The average molecular weight is 342 g/mol. The zero-order valence-corrected chi connectivity index (χ0v) is 14.9. The van der Waals surface area contributed by atoms with Crippen LogP contribution in [-0.2, 0) is 4.74 Å². The number of nitrogens with zero attached hydrogens (tertiary/aromatic N) is 1. The highest BCUT2D eigenvalue weighted by atomic mass is 35.5. The lowest BCUT2D eigenvalue weighted by atomic mass is 10.0. The van der Waals surface area contributed by atoms with Gasteiger partial charge in [-0.25, -0.2) is 0 Å². The lowest BCUT2D eigenvalue weighted by Crippen LogP contribution is -2.36. The predicted molar refractivity (Wildman–Crippen MR) is 94.8 cm³/mol. The monoisotopic (exact) mass is 341 g/mol. The molecule has 1 aromatic carbocycles. The lowest BCUT2D eigenvalue weighted by Gasteiger charge is -2.30. The molecule has 4 nitrogen and oxygen atoms in total. The minimum atomic E-state index is 0. The molecule has 0 radical (unpaired) electrons. The first-order chi connectivity index (χ1) is 10.6. The molecule has 2 rings (SSSR count). The highest BCUT2D eigenvalue weighted by Crippen LogP contribution is 2.15. The summed E-state index contributed by atoms with van der Waals surface area (Å²) in [4.78, 5) is 13.8. The second kappa shape index (κ2) is 10.6. The first-order valence-electron chi connectivity index (χ1n) is 8.19. The van der Waals surface area contributed by atoms with Gasteiger partial charge in [-0.1, -0.05) is 19.1 Å². The van der Waals surface area contributed by atoms with E-state index in [2.05, 4.69) is 11.8 Å². The number of rotatable bonds is 8. The third-order valence-electron chi connectivity index (χ3n) is 4.03. The summed E-state index contributed by atoms with van der Waals surface area (Å²) in [6.45, 7) is 9.11. The van der Waals surface area contributed by atoms with Crippen LogP contribution in [0.3, 0.4) is 0 Å². The maximum Gasteiger partial charge on any atom is 0.159 e. The van der Waals surface area contributed by atoms with E-state index in [1.165, 1.54) is 25.9 Å². The van der Waals surface area contributed by atoms with Crippen LogP contribution >= 0.6 is 12.4 Å². The van der Waals surface area contributed by atoms with Gasteiger partial charge in [-0.2, -0.15) is 0 Å². The molecule has 0 N–H and O–H groups in total. The van der Waals surface area contributed by atoms with E-state index in [0.29, 0.717) is 18.8 Å². The van der Waals surface area contributed by atoms with Crippen LogP contribution < -0.4 is 4.74 Å². The molecule has 0 bridgehead atoms. The first kappa shape index (κ1) is 19.9. The van der Waals surface area contributed by atoms with E-state index in [4.69, 9.17) is 9.47 Å². The summed E-state index contributed by atoms with van der Waals surface area (Å²) in [5.74, 6) is 1.59. The van der Waals surface area contributed by atoms with Crippen molar-refractivity contribution >= 4 is 18.2 Å². The molecule has 0 spiro atoms. The van der Waals surface area contributed by atoms with Crippen LogP contribution in [0.4, 0.5) is 0 Å². The molecule has 1 heterocycles. The number of carbonyl (C=O) groups is 1. The number of benzene rings is 1. The van der Waals surface area contributed by atoms with Crippen molar-refractivity contribution in [3.05, 3.63) is 29.8 Å². The summed E-state index contributed by atoms with van der Waals surface area (Å²) in [6.07, 6.45) is 2.65. The van der Waals surface area contributed by atoms with Crippen LogP contribution in [0.5, 0.6) is 5.75 Å². The van der Waals surface area contributed by atoms with E-state index in [9.17, 15) is 4.79 Å². The molecule has 1 saturated heterocycles. The number of hydrogen-bond acceptors (Lipinski definition) is 4. The summed E-state index contributed by atoms with van der Waals surface area (Å²) < 4.78 is 11.3. The van der Waals surface area contributed by atoms with Gasteiger partial charge in [0.15, 0.2) is 5.78 Å². The third-order valence-corrected chi connectivity index (χ3v) is 4.03. The molecule has 1 atom stereocenters. The molecular formula is C18H28ClNO3. The minimum absolute atomic E-state index is 0. The number of carbonyl (C=O) groups excluding carboxylic acids is 1. The Kier molecular flexibility index (Phi) is 9.22. The highest BCUT2D eigenvalue weighted by molar-refractivity contribution is 5.94. The van der Waals surface area contributed by atoms with E-state index in [-0.39, 0.29) is 18.2 Å². The van der Waals surface area contributed by atoms with Gasteiger partial charge in [0.1, 0.15) is 12.4 Å². The molecule has 0 amide bonds. The molecule has 0 saturated carbocycles. The fraction of sp³-hybridized carbons (Fsp3) is 0.611. The second-order valence-electron chi connectivity index (χ2n) is 6.09. The van der Waals surface area contributed by atoms with Gasteiger partial charge in [0, 0.05) is 18.7 Å². The summed E-state index contributed by atoms with van der Waals surface area (Å²) in [7, 11) is 0. The van der Waals surface area contributed by atoms with Crippen molar-refractivity contribution in [2.45, 2.75) is 26.7 Å².